The number of carbonyl (C=O) groups excluding carboxylic acids is 1. The molecule has 4 rings (SSSR count). The molecule has 2 aliphatic heterocycles. The Morgan fingerprint density at radius 2 is 1.81 bits per heavy atom. The highest BCUT2D eigenvalue weighted by atomic mass is 32.2. The highest BCUT2D eigenvalue weighted by Crippen LogP contribution is 2.28. The molecule has 11 nitrogen and oxygen atoms in total. The van der Waals surface area contributed by atoms with E-state index in [1.165, 1.54) is 26.4 Å². The molecule has 1 amide bonds. The fourth-order valence-electron chi connectivity index (χ4n) is 5.33. The summed E-state index contributed by atoms with van der Waals surface area (Å²) in [4.78, 5) is 19.7. The number of piperazine rings is 1. The minimum Gasteiger partial charge on any atom is -0.497 e. The van der Waals surface area contributed by atoms with Crippen LogP contribution in [-0.2, 0) is 16.6 Å². The summed E-state index contributed by atoms with van der Waals surface area (Å²) in [6.45, 7) is 9.51. The van der Waals surface area contributed by atoms with Gasteiger partial charge in [-0.15, -0.1) is 10.2 Å². The second-order valence-electron chi connectivity index (χ2n) is 10.2. The van der Waals surface area contributed by atoms with E-state index < -0.39 is 10.0 Å². The van der Waals surface area contributed by atoms with Gasteiger partial charge >= 0.3 is 11.8 Å². The normalized spacial score (nSPS) is 19.9. The van der Waals surface area contributed by atoms with Gasteiger partial charge in [-0.05, 0) is 69.5 Å². The van der Waals surface area contributed by atoms with E-state index >= 15 is 0 Å². The number of hydrogen-bond donors (Lipinski definition) is 0. The van der Waals surface area contributed by atoms with Gasteiger partial charge in [-0.1, -0.05) is 0 Å². The van der Waals surface area contributed by atoms with Crippen LogP contribution in [0.5, 0.6) is 5.75 Å². The van der Waals surface area contributed by atoms with Crippen molar-refractivity contribution < 1.29 is 22.4 Å². The smallest absolute Gasteiger partial charge is 0.311 e. The Bertz CT molecular complexity index is 1180. The van der Waals surface area contributed by atoms with E-state index in [4.69, 9.17) is 9.15 Å². The number of nitrogens with zero attached hydrogens (tertiary/aromatic N) is 6. The molecule has 37 heavy (non-hydrogen) atoms. The quantitative estimate of drug-likeness (QED) is 0.499. The van der Waals surface area contributed by atoms with Crippen molar-refractivity contribution in [2.24, 2.45) is 5.92 Å². The van der Waals surface area contributed by atoms with Gasteiger partial charge in [0.15, 0.2) is 0 Å². The van der Waals surface area contributed by atoms with Gasteiger partial charge in [0.1, 0.15) is 5.75 Å². The minimum absolute atomic E-state index is 0.0679. The molecule has 1 atom stereocenters. The lowest BCUT2D eigenvalue weighted by atomic mass is 9.97. The van der Waals surface area contributed by atoms with Crippen LogP contribution < -0.4 is 4.74 Å². The zero-order chi connectivity index (χ0) is 26.7. The number of amides is 1. The van der Waals surface area contributed by atoms with Crippen LogP contribution in [0.4, 0.5) is 0 Å². The standard InChI is InChI=1S/C25H38N6O5S/c1-18-13-21(35-5)14-19(2)23(18)37(33,34)29(4)17-22-26-27-24(36-22)25(32)31-11-9-30(10-12-31)16-20-7-6-8-28(3)15-20/h13-14,20H,6-12,15-17H2,1-5H3. The van der Waals surface area contributed by atoms with Crippen molar-refractivity contribution in [2.75, 3.05) is 67.0 Å². The first-order valence-corrected chi connectivity index (χ1v) is 14.2. The maximum atomic E-state index is 13.3. The molecule has 0 radical (unpaired) electrons. The number of aryl methyl sites for hydroxylation is 2. The molecule has 0 bridgehead atoms. The second kappa shape index (κ2) is 11.5. The molecule has 1 unspecified atom stereocenters. The lowest BCUT2D eigenvalue weighted by Gasteiger charge is -2.38. The van der Waals surface area contributed by atoms with Gasteiger partial charge in [0.05, 0.1) is 18.6 Å². The topological polar surface area (TPSA) is 112 Å². The Morgan fingerprint density at radius 1 is 1.14 bits per heavy atom. The van der Waals surface area contributed by atoms with Gasteiger partial charge in [0.2, 0.25) is 15.9 Å². The average molecular weight is 535 g/mol. The first kappa shape index (κ1) is 27.5. The molecule has 2 fully saturated rings. The fraction of sp³-hybridized carbons (Fsp3) is 0.640. The molecule has 1 aromatic heterocycles. The van der Waals surface area contributed by atoms with E-state index in [-0.39, 0.29) is 29.1 Å². The van der Waals surface area contributed by atoms with Crippen molar-refractivity contribution in [1.82, 2.24) is 29.2 Å². The van der Waals surface area contributed by atoms with Crippen LogP contribution in [0.2, 0.25) is 0 Å². The first-order valence-electron chi connectivity index (χ1n) is 12.7. The molecule has 12 heteroatoms. The summed E-state index contributed by atoms with van der Waals surface area (Å²) in [7, 11) is 1.34. The summed E-state index contributed by atoms with van der Waals surface area (Å²) >= 11 is 0. The molecular formula is C25H38N6O5S. The van der Waals surface area contributed by atoms with Gasteiger partial charge in [0.25, 0.3) is 0 Å². The van der Waals surface area contributed by atoms with E-state index in [1.807, 2.05) is 0 Å². The van der Waals surface area contributed by atoms with Crippen molar-refractivity contribution in [1.29, 1.82) is 0 Å². The largest absolute Gasteiger partial charge is 0.497 e. The average Bonchev–Trinajstić information content (AvgIpc) is 3.32. The lowest BCUT2D eigenvalue weighted by molar-refractivity contribution is 0.0551. The number of aromatic nitrogens is 2. The van der Waals surface area contributed by atoms with Crippen LogP contribution in [0.1, 0.15) is 40.5 Å². The van der Waals surface area contributed by atoms with E-state index in [0.717, 1.165) is 30.5 Å². The van der Waals surface area contributed by atoms with Crippen molar-refractivity contribution in [3.8, 4) is 5.75 Å². The van der Waals surface area contributed by atoms with Crippen LogP contribution in [0, 0.1) is 19.8 Å². The van der Waals surface area contributed by atoms with E-state index in [2.05, 4.69) is 27.0 Å². The van der Waals surface area contributed by atoms with Crippen molar-refractivity contribution >= 4 is 15.9 Å². The minimum atomic E-state index is -3.83. The first-order chi connectivity index (χ1) is 17.6. The van der Waals surface area contributed by atoms with E-state index in [1.54, 1.807) is 38.0 Å². The molecule has 0 N–H and O–H groups in total. The highest BCUT2D eigenvalue weighted by Gasteiger charge is 2.30. The molecule has 2 aliphatic rings. The Hall–Kier alpha value is -2.54. The monoisotopic (exact) mass is 534 g/mol. The van der Waals surface area contributed by atoms with Gasteiger partial charge in [-0.2, -0.15) is 4.31 Å². The molecule has 204 valence electrons. The summed E-state index contributed by atoms with van der Waals surface area (Å²) < 4.78 is 38.5. The van der Waals surface area contributed by atoms with Crippen LogP contribution in [-0.4, -0.2) is 111 Å². The molecule has 0 saturated carbocycles. The molecule has 0 spiro atoms. The maximum Gasteiger partial charge on any atom is 0.311 e. The molecular weight excluding hydrogens is 496 g/mol. The molecule has 3 heterocycles. The number of hydrogen-bond acceptors (Lipinski definition) is 9. The summed E-state index contributed by atoms with van der Waals surface area (Å²) in [6.07, 6.45) is 2.50. The number of ether oxygens (including phenoxy) is 1. The van der Waals surface area contributed by atoms with Crippen LogP contribution >= 0.6 is 0 Å². The highest BCUT2D eigenvalue weighted by molar-refractivity contribution is 7.89. The Kier molecular flexibility index (Phi) is 8.52. The lowest BCUT2D eigenvalue weighted by Crippen LogP contribution is -2.51. The predicted molar refractivity (Wildman–Crippen MR) is 138 cm³/mol. The summed E-state index contributed by atoms with van der Waals surface area (Å²) in [6, 6.07) is 3.37. The van der Waals surface area contributed by atoms with Gasteiger partial charge in [0, 0.05) is 46.3 Å². The number of methoxy groups -OCH3 is 1. The predicted octanol–water partition coefficient (Wildman–Crippen LogP) is 1.62. The maximum absolute atomic E-state index is 13.3. The van der Waals surface area contributed by atoms with Gasteiger partial charge in [-0.25, -0.2) is 8.42 Å². The fourth-order valence-corrected chi connectivity index (χ4v) is 6.85. The second-order valence-corrected chi connectivity index (χ2v) is 12.2. The van der Waals surface area contributed by atoms with Crippen molar-refractivity contribution in [3.63, 3.8) is 0 Å². The number of carbonyl (C=O) groups is 1. The Morgan fingerprint density at radius 3 is 2.43 bits per heavy atom. The number of sulfonamides is 1. The third-order valence-corrected chi connectivity index (χ3v) is 9.35. The van der Waals surface area contributed by atoms with Crippen molar-refractivity contribution in [3.05, 3.63) is 35.0 Å². The van der Waals surface area contributed by atoms with Crippen molar-refractivity contribution in [2.45, 2.75) is 38.1 Å². The Balaban J connectivity index is 1.34. The van der Waals surface area contributed by atoms with Gasteiger partial charge in [-0.3, -0.25) is 9.69 Å². The zero-order valence-electron chi connectivity index (χ0n) is 22.4. The van der Waals surface area contributed by atoms with Gasteiger partial charge < -0.3 is 19.0 Å². The number of benzene rings is 1. The van der Waals surface area contributed by atoms with Crippen LogP contribution in [0.25, 0.3) is 0 Å². The number of rotatable bonds is 8. The molecule has 2 saturated heterocycles. The SMILES string of the molecule is COc1cc(C)c(S(=O)(=O)N(C)Cc2nnc(C(=O)N3CCN(CC4CCCN(C)C4)CC3)o2)c(C)c1. The zero-order valence-corrected chi connectivity index (χ0v) is 23.3. The third-order valence-electron chi connectivity index (χ3n) is 7.24. The molecule has 2 aromatic rings. The van der Waals surface area contributed by atoms with Crippen LogP contribution in [0.15, 0.2) is 21.4 Å². The van der Waals surface area contributed by atoms with E-state index in [9.17, 15) is 13.2 Å². The summed E-state index contributed by atoms with van der Waals surface area (Å²) in [5.41, 5.74) is 1.17. The van der Waals surface area contributed by atoms with Crippen LogP contribution in [0.3, 0.4) is 0 Å². The molecule has 0 aliphatic carbocycles. The number of piperidine rings is 1. The van der Waals surface area contributed by atoms with E-state index in [0.29, 0.717) is 35.9 Å². The summed E-state index contributed by atoms with van der Waals surface area (Å²) in [5.74, 6) is 0.916. The Labute approximate surface area is 219 Å². The summed E-state index contributed by atoms with van der Waals surface area (Å²) in [5, 5.41) is 7.86. The molecule has 1 aromatic carbocycles. The number of likely N-dealkylation sites (tertiary alicyclic amines) is 1. The third kappa shape index (κ3) is 6.31.